The molecular weight excluding hydrogens is 257 g/mol. The lowest BCUT2D eigenvalue weighted by Crippen LogP contribution is -2.42. The highest BCUT2D eigenvalue weighted by atomic mass is 35.5. The quantitative estimate of drug-likeness (QED) is 0.610. The summed E-state index contributed by atoms with van der Waals surface area (Å²) in [4.78, 5) is 10.7. The van der Waals surface area contributed by atoms with Crippen LogP contribution >= 0.6 is 23.2 Å². The fourth-order valence-electron chi connectivity index (χ4n) is 2.33. The Balaban J connectivity index is 2.35. The first-order valence-electron chi connectivity index (χ1n) is 5.95. The van der Waals surface area contributed by atoms with Crippen LogP contribution in [0.4, 0.5) is 5.82 Å². The summed E-state index contributed by atoms with van der Waals surface area (Å²) in [6.07, 6.45) is 3.97. The number of halogens is 2. The SMILES string of the molecule is CC1CCC(C)N(c2ncnc(Cl)c2CCl)C1. The van der Waals surface area contributed by atoms with E-state index in [1.165, 1.54) is 19.2 Å². The fourth-order valence-corrected chi connectivity index (χ4v) is 2.84. The van der Waals surface area contributed by atoms with E-state index in [0.717, 1.165) is 17.9 Å². The van der Waals surface area contributed by atoms with Gasteiger partial charge in [0.25, 0.3) is 0 Å². The molecule has 1 fully saturated rings. The summed E-state index contributed by atoms with van der Waals surface area (Å²) in [7, 11) is 0. The van der Waals surface area contributed by atoms with Gasteiger partial charge in [0.05, 0.1) is 5.88 Å². The molecule has 1 aromatic rings. The van der Waals surface area contributed by atoms with Gasteiger partial charge in [-0.2, -0.15) is 0 Å². The monoisotopic (exact) mass is 273 g/mol. The molecule has 0 aliphatic carbocycles. The molecular formula is C12H17Cl2N3. The van der Waals surface area contributed by atoms with Gasteiger partial charge in [0, 0.05) is 18.2 Å². The standard InChI is InChI=1S/C12H17Cl2N3/c1-8-3-4-9(2)17(6-8)12-10(5-13)11(14)15-7-16-12/h7-9H,3-6H2,1-2H3. The lowest BCUT2D eigenvalue weighted by Gasteiger charge is -2.38. The highest BCUT2D eigenvalue weighted by molar-refractivity contribution is 6.31. The number of piperidine rings is 1. The molecule has 2 rings (SSSR count). The van der Waals surface area contributed by atoms with Gasteiger partial charge in [-0.3, -0.25) is 0 Å². The van der Waals surface area contributed by atoms with Gasteiger partial charge in [0.2, 0.25) is 0 Å². The number of nitrogens with zero attached hydrogens (tertiary/aromatic N) is 3. The minimum absolute atomic E-state index is 0.354. The van der Waals surface area contributed by atoms with E-state index in [0.29, 0.717) is 23.0 Å². The van der Waals surface area contributed by atoms with Crippen molar-refractivity contribution in [1.82, 2.24) is 9.97 Å². The third kappa shape index (κ3) is 2.66. The van der Waals surface area contributed by atoms with Crippen molar-refractivity contribution in [3.8, 4) is 0 Å². The van der Waals surface area contributed by atoms with E-state index in [4.69, 9.17) is 23.2 Å². The van der Waals surface area contributed by atoms with Gasteiger partial charge in [0.15, 0.2) is 0 Å². The molecule has 0 radical (unpaired) electrons. The molecule has 1 aromatic heterocycles. The predicted octanol–water partition coefficient (Wildman–Crippen LogP) is 3.49. The van der Waals surface area contributed by atoms with Crippen LogP contribution in [0.5, 0.6) is 0 Å². The van der Waals surface area contributed by atoms with Crippen molar-refractivity contribution >= 4 is 29.0 Å². The largest absolute Gasteiger partial charge is 0.353 e. The van der Waals surface area contributed by atoms with Crippen molar-refractivity contribution in [3.63, 3.8) is 0 Å². The van der Waals surface area contributed by atoms with E-state index in [1.54, 1.807) is 0 Å². The van der Waals surface area contributed by atoms with Crippen molar-refractivity contribution in [2.24, 2.45) is 5.92 Å². The first kappa shape index (κ1) is 12.9. The van der Waals surface area contributed by atoms with Gasteiger partial charge in [-0.25, -0.2) is 9.97 Å². The van der Waals surface area contributed by atoms with E-state index >= 15 is 0 Å². The minimum Gasteiger partial charge on any atom is -0.353 e. The summed E-state index contributed by atoms with van der Waals surface area (Å²) in [6.45, 7) is 5.50. The van der Waals surface area contributed by atoms with Gasteiger partial charge >= 0.3 is 0 Å². The molecule has 0 N–H and O–H groups in total. The third-order valence-electron chi connectivity index (χ3n) is 3.39. The van der Waals surface area contributed by atoms with Gasteiger partial charge in [-0.05, 0) is 25.7 Å². The number of aromatic nitrogens is 2. The first-order chi connectivity index (χ1) is 8.13. The molecule has 1 aliphatic heterocycles. The van der Waals surface area contributed by atoms with Crippen LogP contribution in [0.1, 0.15) is 32.3 Å². The van der Waals surface area contributed by atoms with Crippen LogP contribution in [0.25, 0.3) is 0 Å². The average Bonchev–Trinajstić information content (AvgIpc) is 2.32. The Labute approximate surface area is 112 Å². The Morgan fingerprint density at radius 1 is 1.35 bits per heavy atom. The number of alkyl halides is 1. The van der Waals surface area contributed by atoms with Gasteiger partial charge in [-0.15, -0.1) is 11.6 Å². The molecule has 0 spiro atoms. The molecule has 1 saturated heterocycles. The first-order valence-corrected chi connectivity index (χ1v) is 6.86. The topological polar surface area (TPSA) is 29.0 Å². The zero-order chi connectivity index (χ0) is 12.4. The van der Waals surface area contributed by atoms with Crippen molar-refractivity contribution in [3.05, 3.63) is 17.0 Å². The maximum atomic E-state index is 6.07. The second-order valence-electron chi connectivity index (χ2n) is 4.78. The second kappa shape index (κ2) is 5.40. The highest BCUT2D eigenvalue weighted by Gasteiger charge is 2.26. The van der Waals surface area contributed by atoms with E-state index in [2.05, 4.69) is 28.7 Å². The van der Waals surface area contributed by atoms with Crippen molar-refractivity contribution in [1.29, 1.82) is 0 Å². The maximum Gasteiger partial charge on any atom is 0.138 e. The number of hydrogen-bond acceptors (Lipinski definition) is 3. The molecule has 3 nitrogen and oxygen atoms in total. The fraction of sp³-hybridized carbons (Fsp3) is 0.667. The van der Waals surface area contributed by atoms with Crippen LogP contribution in [-0.4, -0.2) is 22.6 Å². The van der Waals surface area contributed by atoms with Crippen LogP contribution in [0.15, 0.2) is 6.33 Å². The van der Waals surface area contributed by atoms with E-state index in [9.17, 15) is 0 Å². The number of anilines is 1. The predicted molar refractivity (Wildman–Crippen MR) is 71.8 cm³/mol. The van der Waals surface area contributed by atoms with Crippen LogP contribution in [-0.2, 0) is 5.88 Å². The van der Waals surface area contributed by atoms with Crippen LogP contribution in [0, 0.1) is 5.92 Å². The van der Waals surface area contributed by atoms with Crippen molar-refractivity contribution in [2.45, 2.75) is 38.6 Å². The molecule has 94 valence electrons. The average molecular weight is 274 g/mol. The summed E-state index contributed by atoms with van der Waals surface area (Å²) in [5.74, 6) is 1.94. The zero-order valence-corrected chi connectivity index (χ0v) is 11.7. The molecule has 0 saturated carbocycles. The summed E-state index contributed by atoms with van der Waals surface area (Å²) >= 11 is 12.0. The molecule has 0 aromatic carbocycles. The summed E-state index contributed by atoms with van der Waals surface area (Å²) in [6, 6.07) is 0.485. The number of rotatable bonds is 2. The van der Waals surface area contributed by atoms with E-state index in [-0.39, 0.29) is 0 Å². The van der Waals surface area contributed by atoms with Crippen molar-refractivity contribution < 1.29 is 0 Å². The molecule has 0 bridgehead atoms. The number of hydrogen-bond donors (Lipinski definition) is 0. The summed E-state index contributed by atoms with van der Waals surface area (Å²) < 4.78 is 0. The molecule has 5 heteroatoms. The lowest BCUT2D eigenvalue weighted by atomic mass is 9.95. The Morgan fingerprint density at radius 2 is 2.12 bits per heavy atom. The molecule has 2 heterocycles. The zero-order valence-electron chi connectivity index (χ0n) is 10.2. The molecule has 17 heavy (non-hydrogen) atoms. The van der Waals surface area contributed by atoms with Crippen LogP contribution in [0.3, 0.4) is 0 Å². The maximum absolute atomic E-state index is 6.07. The molecule has 2 unspecified atom stereocenters. The van der Waals surface area contributed by atoms with Gasteiger partial charge in [-0.1, -0.05) is 18.5 Å². The Kier molecular flexibility index (Phi) is 4.10. The Hall–Kier alpha value is -0.540. The third-order valence-corrected chi connectivity index (χ3v) is 3.99. The van der Waals surface area contributed by atoms with E-state index in [1.807, 2.05) is 0 Å². The Morgan fingerprint density at radius 3 is 2.82 bits per heavy atom. The minimum atomic E-state index is 0.354. The lowest BCUT2D eigenvalue weighted by molar-refractivity contribution is 0.387. The van der Waals surface area contributed by atoms with Crippen LogP contribution < -0.4 is 4.90 Å². The van der Waals surface area contributed by atoms with E-state index < -0.39 is 0 Å². The molecule has 1 aliphatic rings. The van der Waals surface area contributed by atoms with Gasteiger partial charge < -0.3 is 4.90 Å². The second-order valence-corrected chi connectivity index (χ2v) is 5.41. The normalized spacial score (nSPS) is 25.1. The summed E-state index contributed by atoms with van der Waals surface area (Å²) in [5.41, 5.74) is 0.844. The molecule has 2 atom stereocenters. The van der Waals surface area contributed by atoms with Gasteiger partial charge in [0.1, 0.15) is 17.3 Å². The van der Waals surface area contributed by atoms with Crippen molar-refractivity contribution in [2.75, 3.05) is 11.4 Å². The summed E-state index contributed by atoms with van der Waals surface area (Å²) in [5, 5.41) is 0.468. The Bertz CT molecular complexity index is 397. The smallest absolute Gasteiger partial charge is 0.138 e. The molecule has 0 amide bonds. The highest BCUT2D eigenvalue weighted by Crippen LogP contribution is 2.31. The van der Waals surface area contributed by atoms with Crippen LogP contribution in [0.2, 0.25) is 5.15 Å².